The summed E-state index contributed by atoms with van der Waals surface area (Å²) in [6.45, 7) is 4.08. The van der Waals surface area contributed by atoms with Gasteiger partial charge in [-0.25, -0.2) is 0 Å². The fourth-order valence-corrected chi connectivity index (χ4v) is 1.08. The highest BCUT2D eigenvalue weighted by atomic mass is 32.1. The summed E-state index contributed by atoms with van der Waals surface area (Å²) in [5.41, 5.74) is 0. The normalized spacial score (nSPS) is 12.6. The fourth-order valence-electron chi connectivity index (χ4n) is 1.00. The van der Waals surface area contributed by atoms with Crippen molar-refractivity contribution in [1.29, 1.82) is 0 Å². The maximum absolute atomic E-state index is 10.8. The minimum Gasteiger partial charge on any atom is -0.462 e. The second-order valence-electron chi connectivity index (χ2n) is 2.95. The Balaban J connectivity index is 3.32. The summed E-state index contributed by atoms with van der Waals surface area (Å²) in [5, 5.41) is 0. The van der Waals surface area contributed by atoms with E-state index >= 15 is 0 Å². The Bertz CT molecular complexity index is 126. The number of thiol groups is 1. The van der Waals surface area contributed by atoms with Gasteiger partial charge >= 0.3 is 5.97 Å². The van der Waals surface area contributed by atoms with Gasteiger partial charge in [-0.3, -0.25) is 4.79 Å². The van der Waals surface area contributed by atoms with Gasteiger partial charge in [0, 0.05) is 0 Å². The third-order valence-electron chi connectivity index (χ3n) is 1.68. The first-order valence-electron chi connectivity index (χ1n) is 4.51. The molecule has 0 aromatic carbocycles. The van der Waals surface area contributed by atoms with E-state index in [1.807, 2.05) is 6.92 Å². The standard InChI is InChI=1S/C9H18O2S/c1-3-4-5-6-8(2)11-9(10)7-12/h8,12H,3-7H2,1-2H3. The molecule has 2 nitrogen and oxygen atoms in total. The molecule has 0 amide bonds. The highest BCUT2D eigenvalue weighted by Crippen LogP contribution is 2.06. The molecule has 0 saturated heterocycles. The summed E-state index contributed by atoms with van der Waals surface area (Å²) in [5.74, 6) is -0.0414. The zero-order valence-electron chi connectivity index (χ0n) is 7.88. The van der Waals surface area contributed by atoms with Crippen molar-refractivity contribution in [3.8, 4) is 0 Å². The van der Waals surface area contributed by atoms with Crippen molar-refractivity contribution in [2.45, 2.75) is 45.6 Å². The lowest BCUT2D eigenvalue weighted by atomic mass is 10.1. The molecule has 0 spiro atoms. The third kappa shape index (κ3) is 6.53. The highest BCUT2D eigenvalue weighted by Gasteiger charge is 2.06. The van der Waals surface area contributed by atoms with Crippen LogP contribution in [0.5, 0.6) is 0 Å². The van der Waals surface area contributed by atoms with Crippen LogP contribution in [0.3, 0.4) is 0 Å². The molecular weight excluding hydrogens is 172 g/mol. The summed E-state index contributed by atoms with van der Waals surface area (Å²) in [6.07, 6.45) is 4.57. The van der Waals surface area contributed by atoms with Gasteiger partial charge in [-0.1, -0.05) is 19.8 Å². The van der Waals surface area contributed by atoms with E-state index in [9.17, 15) is 4.79 Å². The van der Waals surface area contributed by atoms with E-state index < -0.39 is 0 Å². The van der Waals surface area contributed by atoms with Crippen LogP contribution in [0.2, 0.25) is 0 Å². The third-order valence-corrected chi connectivity index (χ3v) is 1.93. The zero-order chi connectivity index (χ0) is 9.40. The Kier molecular flexibility index (Phi) is 7.36. The lowest BCUT2D eigenvalue weighted by Gasteiger charge is -2.11. The van der Waals surface area contributed by atoms with Gasteiger partial charge in [-0.15, -0.1) is 0 Å². The molecule has 0 aromatic rings. The Labute approximate surface area is 80.1 Å². The van der Waals surface area contributed by atoms with Crippen molar-refractivity contribution < 1.29 is 9.53 Å². The van der Waals surface area contributed by atoms with Crippen molar-refractivity contribution in [3.05, 3.63) is 0 Å². The molecule has 72 valence electrons. The van der Waals surface area contributed by atoms with Crippen LogP contribution in [0, 0.1) is 0 Å². The lowest BCUT2D eigenvalue weighted by Crippen LogP contribution is -2.15. The van der Waals surface area contributed by atoms with Gasteiger partial charge in [0.15, 0.2) is 0 Å². The molecule has 0 aliphatic carbocycles. The minimum absolute atomic E-state index is 0.0520. The molecule has 12 heavy (non-hydrogen) atoms. The average molecular weight is 190 g/mol. The molecule has 0 heterocycles. The average Bonchev–Trinajstić information content (AvgIpc) is 2.05. The maximum Gasteiger partial charge on any atom is 0.315 e. The predicted molar refractivity (Wildman–Crippen MR) is 53.5 cm³/mol. The monoisotopic (exact) mass is 190 g/mol. The molecule has 0 aliphatic heterocycles. The minimum atomic E-state index is -0.220. The molecule has 3 heteroatoms. The summed E-state index contributed by atoms with van der Waals surface area (Å²) in [7, 11) is 0. The lowest BCUT2D eigenvalue weighted by molar-refractivity contribution is -0.145. The van der Waals surface area contributed by atoms with Gasteiger partial charge in [0.25, 0.3) is 0 Å². The number of hydrogen-bond donors (Lipinski definition) is 1. The van der Waals surface area contributed by atoms with E-state index in [1.165, 1.54) is 12.8 Å². The van der Waals surface area contributed by atoms with Gasteiger partial charge in [0.05, 0.1) is 11.9 Å². The quantitative estimate of drug-likeness (QED) is 0.395. The number of rotatable bonds is 6. The molecule has 0 saturated carbocycles. The summed E-state index contributed by atoms with van der Waals surface area (Å²) in [4.78, 5) is 10.8. The van der Waals surface area contributed by atoms with Crippen LogP contribution in [0.4, 0.5) is 0 Å². The predicted octanol–water partition coefficient (Wildman–Crippen LogP) is 2.43. The molecule has 0 aromatic heterocycles. The molecule has 1 atom stereocenters. The fraction of sp³-hybridized carbons (Fsp3) is 0.889. The highest BCUT2D eigenvalue weighted by molar-refractivity contribution is 7.81. The summed E-state index contributed by atoms with van der Waals surface area (Å²) >= 11 is 3.83. The van der Waals surface area contributed by atoms with Crippen molar-refractivity contribution >= 4 is 18.6 Å². The number of carbonyl (C=O) groups excluding carboxylic acids is 1. The van der Waals surface area contributed by atoms with E-state index in [-0.39, 0.29) is 17.8 Å². The number of ether oxygens (including phenoxy) is 1. The van der Waals surface area contributed by atoms with Gasteiger partial charge in [-0.05, 0) is 19.8 Å². The summed E-state index contributed by atoms with van der Waals surface area (Å²) in [6, 6.07) is 0. The Morgan fingerprint density at radius 3 is 2.67 bits per heavy atom. The first-order chi connectivity index (χ1) is 5.70. The molecule has 0 N–H and O–H groups in total. The second kappa shape index (κ2) is 7.47. The van der Waals surface area contributed by atoms with Crippen LogP contribution in [-0.4, -0.2) is 17.8 Å². The molecular formula is C9H18O2S. The van der Waals surface area contributed by atoms with Crippen molar-refractivity contribution in [2.24, 2.45) is 0 Å². The van der Waals surface area contributed by atoms with E-state index in [4.69, 9.17) is 4.74 Å². The molecule has 0 rings (SSSR count). The van der Waals surface area contributed by atoms with Gasteiger partial charge in [0.2, 0.25) is 0 Å². The maximum atomic E-state index is 10.8. The first-order valence-corrected chi connectivity index (χ1v) is 5.14. The number of hydrogen-bond acceptors (Lipinski definition) is 3. The van der Waals surface area contributed by atoms with Crippen LogP contribution < -0.4 is 0 Å². The number of unbranched alkanes of at least 4 members (excludes halogenated alkanes) is 2. The van der Waals surface area contributed by atoms with Crippen LogP contribution in [0.25, 0.3) is 0 Å². The zero-order valence-corrected chi connectivity index (χ0v) is 8.77. The topological polar surface area (TPSA) is 26.3 Å². The van der Waals surface area contributed by atoms with Gasteiger partial charge in [0.1, 0.15) is 0 Å². The number of esters is 1. The molecule has 0 aliphatic rings. The van der Waals surface area contributed by atoms with Crippen molar-refractivity contribution in [2.75, 3.05) is 5.75 Å². The molecule has 0 bridgehead atoms. The largest absolute Gasteiger partial charge is 0.462 e. The van der Waals surface area contributed by atoms with Crippen LogP contribution >= 0.6 is 12.6 Å². The van der Waals surface area contributed by atoms with Crippen LogP contribution in [0.15, 0.2) is 0 Å². The van der Waals surface area contributed by atoms with E-state index in [0.717, 1.165) is 12.8 Å². The second-order valence-corrected chi connectivity index (χ2v) is 3.27. The Morgan fingerprint density at radius 1 is 1.50 bits per heavy atom. The van der Waals surface area contributed by atoms with E-state index in [2.05, 4.69) is 19.6 Å². The number of carbonyl (C=O) groups is 1. The molecule has 0 radical (unpaired) electrons. The Hall–Kier alpha value is -0.180. The Morgan fingerprint density at radius 2 is 2.17 bits per heavy atom. The van der Waals surface area contributed by atoms with Crippen molar-refractivity contribution in [3.63, 3.8) is 0 Å². The SMILES string of the molecule is CCCCCC(C)OC(=O)CS. The van der Waals surface area contributed by atoms with Crippen LogP contribution in [0.1, 0.15) is 39.5 Å². The first kappa shape index (κ1) is 11.8. The van der Waals surface area contributed by atoms with Gasteiger partial charge in [-0.2, -0.15) is 12.6 Å². The summed E-state index contributed by atoms with van der Waals surface area (Å²) < 4.78 is 5.03. The van der Waals surface area contributed by atoms with E-state index in [0.29, 0.717) is 0 Å². The van der Waals surface area contributed by atoms with Crippen LogP contribution in [-0.2, 0) is 9.53 Å². The molecule has 1 unspecified atom stereocenters. The molecule has 0 fully saturated rings. The van der Waals surface area contributed by atoms with Gasteiger partial charge < -0.3 is 4.74 Å². The van der Waals surface area contributed by atoms with Crippen molar-refractivity contribution in [1.82, 2.24) is 0 Å². The van der Waals surface area contributed by atoms with E-state index in [1.54, 1.807) is 0 Å². The smallest absolute Gasteiger partial charge is 0.315 e.